The highest BCUT2D eigenvalue weighted by Crippen LogP contribution is 2.00. The van der Waals surface area contributed by atoms with Gasteiger partial charge in [0.15, 0.2) is 0 Å². The number of amides is 1. The summed E-state index contributed by atoms with van der Waals surface area (Å²) in [6.07, 6.45) is 0. The van der Waals surface area contributed by atoms with E-state index in [2.05, 4.69) is 5.48 Å². The zero-order chi connectivity index (χ0) is 11.3. The first-order valence-electron chi connectivity index (χ1n) is 4.75. The standard InChI is InChI=1S/C11H16N2O2/c1-11(2,12)10(14)13-15-8-9-6-4-3-5-7-9/h3-7H,8,12H2,1-2H3,(H,13,14). The quantitative estimate of drug-likeness (QED) is 0.725. The van der Waals surface area contributed by atoms with E-state index in [1.807, 2.05) is 30.3 Å². The predicted molar refractivity (Wildman–Crippen MR) is 57.6 cm³/mol. The highest BCUT2D eigenvalue weighted by molar-refractivity contribution is 5.84. The number of hydrogen-bond acceptors (Lipinski definition) is 3. The summed E-state index contributed by atoms with van der Waals surface area (Å²) in [6.45, 7) is 3.57. The molecule has 0 saturated heterocycles. The van der Waals surface area contributed by atoms with Crippen LogP contribution in [-0.2, 0) is 16.2 Å². The molecule has 1 aromatic carbocycles. The van der Waals surface area contributed by atoms with E-state index in [1.165, 1.54) is 0 Å². The minimum absolute atomic E-state index is 0.335. The van der Waals surface area contributed by atoms with Crippen LogP contribution in [0.15, 0.2) is 30.3 Å². The summed E-state index contributed by atoms with van der Waals surface area (Å²) >= 11 is 0. The maximum atomic E-state index is 11.3. The Morgan fingerprint density at radius 1 is 1.40 bits per heavy atom. The topological polar surface area (TPSA) is 64.4 Å². The van der Waals surface area contributed by atoms with E-state index >= 15 is 0 Å². The van der Waals surface area contributed by atoms with Crippen molar-refractivity contribution in [1.82, 2.24) is 5.48 Å². The highest BCUT2D eigenvalue weighted by atomic mass is 16.6. The van der Waals surface area contributed by atoms with Crippen molar-refractivity contribution in [2.24, 2.45) is 5.73 Å². The van der Waals surface area contributed by atoms with Gasteiger partial charge in [-0.05, 0) is 19.4 Å². The number of carbonyl (C=O) groups excluding carboxylic acids is 1. The molecule has 0 aliphatic rings. The third-order valence-corrected chi connectivity index (χ3v) is 1.83. The van der Waals surface area contributed by atoms with Crippen molar-refractivity contribution in [1.29, 1.82) is 0 Å². The van der Waals surface area contributed by atoms with Gasteiger partial charge in [-0.25, -0.2) is 5.48 Å². The van der Waals surface area contributed by atoms with Crippen LogP contribution in [0.4, 0.5) is 0 Å². The average molecular weight is 208 g/mol. The van der Waals surface area contributed by atoms with Crippen molar-refractivity contribution >= 4 is 5.91 Å². The normalized spacial score (nSPS) is 11.1. The summed E-state index contributed by atoms with van der Waals surface area (Å²) in [4.78, 5) is 16.3. The lowest BCUT2D eigenvalue weighted by Crippen LogP contribution is -2.48. The van der Waals surface area contributed by atoms with E-state index in [9.17, 15) is 4.79 Å². The average Bonchev–Trinajstić information content (AvgIpc) is 2.18. The highest BCUT2D eigenvalue weighted by Gasteiger charge is 2.21. The summed E-state index contributed by atoms with van der Waals surface area (Å²) < 4.78 is 0. The van der Waals surface area contributed by atoms with E-state index in [0.717, 1.165) is 5.56 Å². The van der Waals surface area contributed by atoms with E-state index in [-0.39, 0.29) is 5.91 Å². The third kappa shape index (κ3) is 4.10. The van der Waals surface area contributed by atoms with Gasteiger partial charge in [-0.15, -0.1) is 0 Å². The van der Waals surface area contributed by atoms with Gasteiger partial charge in [-0.3, -0.25) is 9.63 Å². The van der Waals surface area contributed by atoms with Crippen molar-refractivity contribution in [3.8, 4) is 0 Å². The molecule has 0 aliphatic heterocycles. The van der Waals surface area contributed by atoms with Crippen LogP contribution < -0.4 is 11.2 Å². The minimum atomic E-state index is -0.920. The maximum Gasteiger partial charge on any atom is 0.263 e. The molecule has 0 heterocycles. The molecule has 1 amide bonds. The van der Waals surface area contributed by atoms with Crippen molar-refractivity contribution in [3.63, 3.8) is 0 Å². The Hall–Kier alpha value is -1.39. The second-order valence-electron chi connectivity index (χ2n) is 3.93. The van der Waals surface area contributed by atoms with Crippen molar-refractivity contribution in [2.45, 2.75) is 26.0 Å². The first-order valence-corrected chi connectivity index (χ1v) is 4.75. The molecule has 0 fully saturated rings. The molecule has 3 N–H and O–H groups in total. The van der Waals surface area contributed by atoms with Crippen LogP contribution >= 0.6 is 0 Å². The molecule has 0 saturated carbocycles. The Morgan fingerprint density at radius 2 is 2.00 bits per heavy atom. The van der Waals surface area contributed by atoms with Gasteiger partial charge in [0.25, 0.3) is 5.91 Å². The van der Waals surface area contributed by atoms with Gasteiger partial charge in [0.05, 0.1) is 12.1 Å². The van der Waals surface area contributed by atoms with Crippen LogP contribution in [0.5, 0.6) is 0 Å². The second kappa shape index (κ2) is 4.91. The molecule has 0 aliphatic carbocycles. The summed E-state index contributed by atoms with van der Waals surface area (Å²) in [6, 6.07) is 9.57. The van der Waals surface area contributed by atoms with Gasteiger partial charge in [0, 0.05) is 0 Å². The third-order valence-electron chi connectivity index (χ3n) is 1.83. The van der Waals surface area contributed by atoms with Crippen LogP contribution in [-0.4, -0.2) is 11.4 Å². The van der Waals surface area contributed by atoms with Gasteiger partial charge >= 0.3 is 0 Å². The maximum absolute atomic E-state index is 11.3. The number of carbonyl (C=O) groups is 1. The second-order valence-corrected chi connectivity index (χ2v) is 3.93. The van der Waals surface area contributed by atoms with E-state index < -0.39 is 5.54 Å². The van der Waals surface area contributed by atoms with Gasteiger partial charge in [0.2, 0.25) is 0 Å². The Balaban J connectivity index is 2.32. The lowest BCUT2D eigenvalue weighted by atomic mass is 10.1. The molecule has 15 heavy (non-hydrogen) atoms. The molecule has 4 nitrogen and oxygen atoms in total. The van der Waals surface area contributed by atoms with Crippen molar-refractivity contribution in [2.75, 3.05) is 0 Å². The first kappa shape index (κ1) is 11.7. The molecule has 0 radical (unpaired) electrons. The summed E-state index contributed by atoms with van der Waals surface area (Å²) in [5, 5.41) is 0. The number of nitrogens with two attached hydrogens (primary N) is 1. The number of hydrogen-bond donors (Lipinski definition) is 2. The lowest BCUT2D eigenvalue weighted by molar-refractivity contribution is -0.139. The van der Waals surface area contributed by atoms with Crippen molar-refractivity contribution in [3.05, 3.63) is 35.9 Å². The Morgan fingerprint density at radius 3 is 2.53 bits per heavy atom. The molecule has 1 rings (SSSR count). The molecule has 0 bridgehead atoms. The smallest absolute Gasteiger partial charge is 0.263 e. The Labute approximate surface area is 89.4 Å². The largest absolute Gasteiger partial charge is 0.318 e. The fraction of sp³-hybridized carbons (Fsp3) is 0.364. The van der Waals surface area contributed by atoms with Crippen molar-refractivity contribution < 1.29 is 9.63 Å². The van der Waals surface area contributed by atoms with Crippen LogP contribution in [0, 0.1) is 0 Å². The van der Waals surface area contributed by atoms with Crippen LogP contribution in [0.2, 0.25) is 0 Å². The molecule has 0 spiro atoms. The summed E-state index contributed by atoms with van der Waals surface area (Å²) in [7, 11) is 0. The molecular weight excluding hydrogens is 192 g/mol. The molecule has 0 unspecified atom stereocenters. The molecule has 1 aromatic rings. The van der Waals surface area contributed by atoms with Gasteiger partial charge in [-0.1, -0.05) is 30.3 Å². The predicted octanol–water partition coefficient (Wildman–Crippen LogP) is 0.972. The first-order chi connectivity index (χ1) is 7.00. The fourth-order valence-corrected chi connectivity index (χ4v) is 0.891. The zero-order valence-corrected chi connectivity index (χ0v) is 8.99. The molecule has 0 atom stereocenters. The number of hydroxylamine groups is 1. The van der Waals surface area contributed by atoms with E-state index in [0.29, 0.717) is 6.61 Å². The number of rotatable bonds is 4. The SMILES string of the molecule is CC(C)(N)C(=O)NOCc1ccccc1. The van der Waals surface area contributed by atoms with Crippen LogP contribution in [0.3, 0.4) is 0 Å². The minimum Gasteiger partial charge on any atom is -0.318 e. The lowest BCUT2D eigenvalue weighted by Gasteiger charge is -2.17. The summed E-state index contributed by atoms with van der Waals surface area (Å²) in [5.41, 5.74) is 7.95. The van der Waals surface area contributed by atoms with Crippen LogP contribution in [0.1, 0.15) is 19.4 Å². The zero-order valence-electron chi connectivity index (χ0n) is 8.99. The molecule has 0 aromatic heterocycles. The molecule has 4 heteroatoms. The van der Waals surface area contributed by atoms with Gasteiger partial charge in [0.1, 0.15) is 0 Å². The molecular formula is C11H16N2O2. The van der Waals surface area contributed by atoms with E-state index in [1.54, 1.807) is 13.8 Å². The number of nitrogens with one attached hydrogen (secondary N) is 1. The molecule has 82 valence electrons. The Kier molecular flexibility index (Phi) is 3.82. The van der Waals surface area contributed by atoms with Gasteiger partial charge in [-0.2, -0.15) is 0 Å². The van der Waals surface area contributed by atoms with E-state index in [4.69, 9.17) is 10.6 Å². The summed E-state index contributed by atoms with van der Waals surface area (Å²) in [5.74, 6) is -0.335. The fourth-order valence-electron chi connectivity index (χ4n) is 0.891. The van der Waals surface area contributed by atoms with Gasteiger partial charge < -0.3 is 5.73 Å². The van der Waals surface area contributed by atoms with Crippen LogP contribution in [0.25, 0.3) is 0 Å². The Bertz CT molecular complexity index is 317. The number of benzene rings is 1. The monoisotopic (exact) mass is 208 g/mol.